The van der Waals surface area contributed by atoms with Crippen molar-refractivity contribution in [3.63, 3.8) is 0 Å². The highest BCUT2D eigenvalue weighted by atomic mass is 35.5. The topological polar surface area (TPSA) is 69.0 Å². The van der Waals surface area contributed by atoms with Crippen molar-refractivity contribution in [1.82, 2.24) is 15.0 Å². The molecule has 1 aromatic heterocycles. The fourth-order valence-corrected chi connectivity index (χ4v) is 2.61. The van der Waals surface area contributed by atoms with E-state index >= 15 is 0 Å². The molecule has 0 unspecified atom stereocenters. The van der Waals surface area contributed by atoms with Crippen LogP contribution in [0.25, 0.3) is 5.69 Å². The summed E-state index contributed by atoms with van der Waals surface area (Å²) in [7, 11) is 1.61. The maximum Gasteiger partial charge on any atom is 0.278 e. The molecule has 1 N–H and O–H groups in total. The smallest absolute Gasteiger partial charge is 0.278 e. The van der Waals surface area contributed by atoms with Crippen LogP contribution in [0.4, 0.5) is 5.69 Å². The number of halogens is 1. The van der Waals surface area contributed by atoms with Crippen molar-refractivity contribution >= 4 is 23.2 Å². The number of nitrogens with zero attached hydrogens (tertiary/aromatic N) is 3. The van der Waals surface area contributed by atoms with Gasteiger partial charge < -0.3 is 10.1 Å². The monoisotopic (exact) mass is 356 g/mol. The Hall–Kier alpha value is -2.86. The van der Waals surface area contributed by atoms with Gasteiger partial charge in [-0.3, -0.25) is 4.79 Å². The first-order valence-electron chi connectivity index (χ1n) is 7.64. The number of nitrogens with one attached hydrogen (secondary N) is 1. The summed E-state index contributed by atoms with van der Waals surface area (Å²) in [5, 5.41) is 11.5. The molecule has 0 fully saturated rings. The van der Waals surface area contributed by atoms with E-state index in [9.17, 15) is 4.79 Å². The second-order valence-electron chi connectivity index (χ2n) is 5.50. The van der Waals surface area contributed by atoms with Gasteiger partial charge in [-0.05, 0) is 55.8 Å². The van der Waals surface area contributed by atoms with Gasteiger partial charge >= 0.3 is 0 Å². The Labute approximate surface area is 150 Å². The van der Waals surface area contributed by atoms with E-state index in [4.69, 9.17) is 16.3 Å². The normalized spacial score (nSPS) is 10.6. The van der Waals surface area contributed by atoms with E-state index in [0.29, 0.717) is 16.4 Å². The Kier molecular flexibility index (Phi) is 4.72. The van der Waals surface area contributed by atoms with Gasteiger partial charge in [-0.2, -0.15) is 0 Å². The minimum atomic E-state index is -0.331. The Morgan fingerprint density at radius 1 is 1.16 bits per heavy atom. The van der Waals surface area contributed by atoms with E-state index < -0.39 is 0 Å². The highest BCUT2D eigenvalue weighted by molar-refractivity contribution is 6.31. The minimum Gasteiger partial charge on any atom is -0.497 e. The van der Waals surface area contributed by atoms with Crippen molar-refractivity contribution in [3.05, 3.63) is 64.4 Å². The quantitative estimate of drug-likeness (QED) is 0.772. The number of benzene rings is 2. The zero-order chi connectivity index (χ0) is 18.0. The Bertz CT molecular complexity index is 919. The lowest BCUT2D eigenvalue weighted by atomic mass is 10.2. The standard InChI is InChI=1S/C18H17ClN4O2/c1-11-15(19)5-4-6-16(11)20-18(24)17-12(2)23(22-21-17)13-7-9-14(25-3)10-8-13/h4-10H,1-3H3,(H,20,24). The third-order valence-corrected chi connectivity index (χ3v) is 4.35. The first kappa shape index (κ1) is 17.0. The van der Waals surface area contributed by atoms with Gasteiger partial charge in [0.2, 0.25) is 0 Å². The number of amides is 1. The van der Waals surface area contributed by atoms with Crippen molar-refractivity contribution in [1.29, 1.82) is 0 Å². The molecule has 2 aromatic carbocycles. The molecule has 6 nitrogen and oxygen atoms in total. The molecule has 7 heteroatoms. The molecule has 25 heavy (non-hydrogen) atoms. The van der Waals surface area contributed by atoms with Gasteiger partial charge in [0.25, 0.3) is 5.91 Å². The van der Waals surface area contributed by atoms with Crippen LogP contribution >= 0.6 is 11.6 Å². The number of carbonyl (C=O) groups excluding carboxylic acids is 1. The van der Waals surface area contributed by atoms with Crippen molar-refractivity contribution in [2.24, 2.45) is 0 Å². The fraction of sp³-hybridized carbons (Fsp3) is 0.167. The number of aromatic nitrogens is 3. The lowest BCUT2D eigenvalue weighted by Crippen LogP contribution is -2.15. The molecule has 0 atom stereocenters. The van der Waals surface area contributed by atoms with Gasteiger partial charge in [0.15, 0.2) is 5.69 Å². The zero-order valence-electron chi connectivity index (χ0n) is 14.1. The van der Waals surface area contributed by atoms with Gasteiger partial charge in [-0.25, -0.2) is 4.68 Å². The second-order valence-corrected chi connectivity index (χ2v) is 5.91. The van der Waals surface area contributed by atoms with Crippen LogP contribution in [0.15, 0.2) is 42.5 Å². The van der Waals surface area contributed by atoms with Gasteiger partial charge in [-0.15, -0.1) is 5.10 Å². The number of ether oxygens (including phenoxy) is 1. The first-order valence-corrected chi connectivity index (χ1v) is 8.02. The summed E-state index contributed by atoms with van der Waals surface area (Å²) in [5.41, 5.74) is 3.15. The highest BCUT2D eigenvalue weighted by Gasteiger charge is 2.18. The van der Waals surface area contributed by atoms with Crippen LogP contribution in [0.2, 0.25) is 5.02 Å². The molecule has 0 saturated carbocycles. The molecular weight excluding hydrogens is 340 g/mol. The van der Waals surface area contributed by atoms with Gasteiger partial charge in [0.1, 0.15) is 5.75 Å². The van der Waals surface area contributed by atoms with Crippen molar-refractivity contribution in [2.45, 2.75) is 13.8 Å². The van der Waals surface area contributed by atoms with E-state index in [0.717, 1.165) is 17.0 Å². The minimum absolute atomic E-state index is 0.259. The van der Waals surface area contributed by atoms with Crippen molar-refractivity contribution in [3.8, 4) is 11.4 Å². The summed E-state index contributed by atoms with van der Waals surface area (Å²) in [6.07, 6.45) is 0. The molecule has 1 heterocycles. The lowest BCUT2D eigenvalue weighted by Gasteiger charge is -2.09. The largest absolute Gasteiger partial charge is 0.497 e. The van der Waals surface area contributed by atoms with Crippen molar-refractivity contribution in [2.75, 3.05) is 12.4 Å². The summed E-state index contributed by atoms with van der Waals surface area (Å²) in [5.74, 6) is 0.415. The summed E-state index contributed by atoms with van der Waals surface area (Å²) in [6.45, 7) is 3.64. The zero-order valence-corrected chi connectivity index (χ0v) is 14.8. The van der Waals surface area contributed by atoms with E-state index in [1.165, 1.54) is 0 Å². The second kappa shape index (κ2) is 6.94. The van der Waals surface area contributed by atoms with Crippen LogP contribution in [0.5, 0.6) is 5.75 Å². The molecule has 0 spiro atoms. The maximum absolute atomic E-state index is 12.6. The van der Waals surface area contributed by atoms with E-state index in [2.05, 4.69) is 15.6 Å². The van der Waals surface area contributed by atoms with E-state index in [1.54, 1.807) is 36.9 Å². The number of hydrogen-bond donors (Lipinski definition) is 1. The molecular formula is C18H17ClN4O2. The summed E-state index contributed by atoms with van der Waals surface area (Å²) in [4.78, 5) is 12.6. The molecule has 0 bridgehead atoms. The average molecular weight is 357 g/mol. The summed E-state index contributed by atoms with van der Waals surface area (Å²) < 4.78 is 6.76. The number of anilines is 1. The summed E-state index contributed by atoms with van der Waals surface area (Å²) in [6, 6.07) is 12.7. The predicted octanol–water partition coefficient (Wildman–Crippen LogP) is 3.80. The highest BCUT2D eigenvalue weighted by Crippen LogP contribution is 2.24. The van der Waals surface area contributed by atoms with Crippen LogP contribution in [-0.2, 0) is 0 Å². The number of rotatable bonds is 4. The molecule has 0 saturated heterocycles. The average Bonchev–Trinajstić information content (AvgIpc) is 3.00. The van der Waals surface area contributed by atoms with E-state index in [1.807, 2.05) is 31.2 Å². The Balaban J connectivity index is 1.87. The molecule has 3 rings (SSSR count). The molecule has 0 aliphatic rings. The van der Waals surface area contributed by atoms with Crippen LogP contribution < -0.4 is 10.1 Å². The SMILES string of the molecule is COc1ccc(-n2nnc(C(=O)Nc3cccc(Cl)c3C)c2C)cc1. The van der Waals surface area contributed by atoms with Crippen LogP contribution in [-0.4, -0.2) is 28.0 Å². The fourth-order valence-electron chi connectivity index (χ4n) is 2.43. The van der Waals surface area contributed by atoms with Crippen molar-refractivity contribution < 1.29 is 9.53 Å². The number of hydrogen-bond acceptors (Lipinski definition) is 4. The van der Waals surface area contributed by atoms with Crippen LogP contribution in [0.1, 0.15) is 21.7 Å². The Morgan fingerprint density at radius 3 is 2.56 bits per heavy atom. The van der Waals surface area contributed by atoms with Crippen LogP contribution in [0, 0.1) is 13.8 Å². The molecule has 0 radical (unpaired) electrons. The molecule has 0 aliphatic carbocycles. The Morgan fingerprint density at radius 2 is 1.88 bits per heavy atom. The molecule has 3 aromatic rings. The van der Waals surface area contributed by atoms with Crippen LogP contribution in [0.3, 0.4) is 0 Å². The number of methoxy groups -OCH3 is 1. The molecule has 0 aliphatic heterocycles. The molecule has 128 valence electrons. The first-order chi connectivity index (χ1) is 12.0. The lowest BCUT2D eigenvalue weighted by molar-refractivity contribution is 0.102. The maximum atomic E-state index is 12.6. The molecule has 1 amide bonds. The van der Waals surface area contributed by atoms with Gasteiger partial charge in [-0.1, -0.05) is 22.9 Å². The predicted molar refractivity (Wildman–Crippen MR) is 96.8 cm³/mol. The third kappa shape index (κ3) is 3.34. The van der Waals surface area contributed by atoms with Gasteiger partial charge in [0, 0.05) is 10.7 Å². The van der Waals surface area contributed by atoms with E-state index in [-0.39, 0.29) is 11.6 Å². The number of carbonyl (C=O) groups is 1. The summed E-state index contributed by atoms with van der Waals surface area (Å²) >= 11 is 6.09. The third-order valence-electron chi connectivity index (χ3n) is 3.94. The van der Waals surface area contributed by atoms with Gasteiger partial charge in [0.05, 0.1) is 18.5 Å².